The predicted molar refractivity (Wildman–Crippen MR) is 122 cm³/mol. The fourth-order valence-corrected chi connectivity index (χ4v) is 3.92. The predicted octanol–water partition coefficient (Wildman–Crippen LogP) is 4.30. The van der Waals surface area contributed by atoms with Gasteiger partial charge < -0.3 is 10.2 Å². The number of hydrogen-bond donors (Lipinski definition) is 1. The maximum atomic E-state index is 12.9. The van der Waals surface area contributed by atoms with E-state index in [9.17, 15) is 9.59 Å². The second-order valence-corrected chi connectivity index (χ2v) is 8.18. The Labute approximate surface area is 179 Å². The summed E-state index contributed by atoms with van der Waals surface area (Å²) in [4.78, 5) is 27.1. The molecule has 0 saturated heterocycles. The SMILES string of the molecule is CCCNC(=O)C(C)N(CCc1ccccc1)C(=O)CCSCc1ccccc1. The van der Waals surface area contributed by atoms with E-state index >= 15 is 0 Å². The van der Waals surface area contributed by atoms with Crippen molar-refractivity contribution < 1.29 is 9.59 Å². The molecule has 0 aromatic heterocycles. The molecule has 0 saturated carbocycles. The Morgan fingerprint density at radius 1 is 1.00 bits per heavy atom. The van der Waals surface area contributed by atoms with Crippen LogP contribution in [-0.2, 0) is 21.8 Å². The number of rotatable bonds is 12. The summed E-state index contributed by atoms with van der Waals surface area (Å²) in [5.41, 5.74) is 2.43. The molecule has 1 N–H and O–H groups in total. The molecule has 0 aliphatic heterocycles. The first-order valence-electron chi connectivity index (χ1n) is 10.3. The number of benzene rings is 2. The van der Waals surface area contributed by atoms with E-state index in [0.717, 1.165) is 24.3 Å². The molecule has 0 heterocycles. The molecule has 2 rings (SSSR count). The summed E-state index contributed by atoms with van der Waals surface area (Å²) >= 11 is 1.75. The molecule has 4 nitrogen and oxygen atoms in total. The highest BCUT2D eigenvalue weighted by atomic mass is 32.2. The van der Waals surface area contributed by atoms with Gasteiger partial charge in [0.05, 0.1) is 0 Å². The zero-order chi connectivity index (χ0) is 20.9. The molecule has 29 heavy (non-hydrogen) atoms. The van der Waals surface area contributed by atoms with Crippen molar-refractivity contribution >= 4 is 23.6 Å². The first kappa shape index (κ1) is 23.0. The zero-order valence-electron chi connectivity index (χ0n) is 17.5. The third-order valence-corrected chi connectivity index (χ3v) is 5.80. The zero-order valence-corrected chi connectivity index (χ0v) is 18.3. The van der Waals surface area contributed by atoms with Gasteiger partial charge in [-0.05, 0) is 30.9 Å². The van der Waals surface area contributed by atoms with Gasteiger partial charge in [0.2, 0.25) is 11.8 Å². The van der Waals surface area contributed by atoms with E-state index in [1.807, 2.05) is 50.2 Å². The molecule has 2 amide bonds. The van der Waals surface area contributed by atoms with E-state index in [-0.39, 0.29) is 11.8 Å². The molecule has 2 aromatic rings. The van der Waals surface area contributed by atoms with Gasteiger partial charge in [-0.2, -0.15) is 11.8 Å². The molecule has 0 radical (unpaired) electrons. The van der Waals surface area contributed by atoms with Crippen LogP contribution in [0.15, 0.2) is 60.7 Å². The van der Waals surface area contributed by atoms with Crippen LogP contribution in [0.5, 0.6) is 0 Å². The summed E-state index contributed by atoms with van der Waals surface area (Å²) in [7, 11) is 0. The van der Waals surface area contributed by atoms with Crippen molar-refractivity contribution in [3.05, 3.63) is 71.8 Å². The minimum absolute atomic E-state index is 0.0423. The van der Waals surface area contributed by atoms with E-state index in [0.29, 0.717) is 19.5 Å². The quantitative estimate of drug-likeness (QED) is 0.529. The van der Waals surface area contributed by atoms with E-state index in [1.165, 1.54) is 11.1 Å². The molecular formula is C24H32N2O2S. The lowest BCUT2D eigenvalue weighted by Gasteiger charge is -2.29. The monoisotopic (exact) mass is 412 g/mol. The smallest absolute Gasteiger partial charge is 0.242 e. The normalized spacial score (nSPS) is 11.7. The van der Waals surface area contributed by atoms with Crippen molar-refractivity contribution in [2.45, 2.75) is 44.9 Å². The summed E-state index contributed by atoms with van der Waals surface area (Å²) in [5, 5.41) is 2.92. The lowest BCUT2D eigenvalue weighted by atomic mass is 10.1. The molecule has 0 aliphatic rings. The fourth-order valence-electron chi connectivity index (χ4n) is 3.03. The van der Waals surface area contributed by atoms with Gasteiger partial charge in [-0.3, -0.25) is 9.59 Å². The number of thioether (sulfide) groups is 1. The molecule has 0 spiro atoms. The standard InChI is InChI=1S/C24H32N2O2S/c1-3-16-25-24(28)20(2)26(17-14-21-10-6-4-7-11-21)23(27)15-18-29-19-22-12-8-5-9-13-22/h4-13,20H,3,14-19H2,1-2H3,(H,25,28). The second-order valence-electron chi connectivity index (χ2n) is 7.08. The Bertz CT molecular complexity index is 737. The van der Waals surface area contributed by atoms with E-state index in [2.05, 4.69) is 29.6 Å². The molecule has 156 valence electrons. The van der Waals surface area contributed by atoms with E-state index in [1.54, 1.807) is 16.7 Å². The van der Waals surface area contributed by atoms with Crippen LogP contribution in [0.4, 0.5) is 0 Å². The molecule has 0 bridgehead atoms. The van der Waals surface area contributed by atoms with Crippen LogP contribution in [-0.4, -0.2) is 41.6 Å². The van der Waals surface area contributed by atoms with Crippen molar-refractivity contribution in [1.82, 2.24) is 10.2 Å². The molecule has 1 unspecified atom stereocenters. The first-order chi connectivity index (χ1) is 14.1. The van der Waals surface area contributed by atoms with Crippen molar-refractivity contribution in [3.63, 3.8) is 0 Å². The summed E-state index contributed by atoms with van der Waals surface area (Å²) in [6, 6.07) is 19.9. The van der Waals surface area contributed by atoms with Gasteiger partial charge >= 0.3 is 0 Å². The van der Waals surface area contributed by atoms with Gasteiger partial charge in [0.25, 0.3) is 0 Å². The Balaban J connectivity index is 1.90. The summed E-state index contributed by atoms with van der Waals surface area (Å²) in [6.07, 6.45) is 2.07. The minimum atomic E-state index is -0.461. The molecule has 2 aromatic carbocycles. The maximum absolute atomic E-state index is 12.9. The van der Waals surface area contributed by atoms with Gasteiger partial charge in [0, 0.05) is 31.0 Å². The van der Waals surface area contributed by atoms with Gasteiger partial charge in [0.15, 0.2) is 0 Å². The van der Waals surface area contributed by atoms with Gasteiger partial charge in [-0.25, -0.2) is 0 Å². The molecule has 1 atom stereocenters. The molecular weight excluding hydrogens is 380 g/mol. The second kappa shape index (κ2) is 13.0. The Morgan fingerprint density at radius 2 is 1.62 bits per heavy atom. The van der Waals surface area contributed by atoms with Crippen LogP contribution in [0.2, 0.25) is 0 Å². The van der Waals surface area contributed by atoms with Crippen LogP contribution < -0.4 is 5.32 Å². The van der Waals surface area contributed by atoms with Crippen LogP contribution in [0.1, 0.15) is 37.8 Å². The highest BCUT2D eigenvalue weighted by Gasteiger charge is 2.25. The molecule has 0 aliphatic carbocycles. The third-order valence-electron chi connectivity index (χ3n) is 4.77. The van der Waals surface area contributed by atoms with Gasteiger partial charge in [-0.15, -0.1) is 0 Å². The maximum Gasteiger partial charge on any atom is 0.242 e. The summed E-state index contributed by atoms with van der Waals surface area (Å²) in [6.45, 7) is 5.03. The number of nitrogens with one attached hydrogen (secondary N) is 1. The van der Waals surface area contributed by atoms with Crippen molar-refractivity contribution in [3.8, 4) is 0 Å². The van der Waals surface area contributed by atoms with Gasteiger partial charge in [-0.1, -0.05) is 67.6 Å². The van der Waals surface area contributed by atoms with Crippen molar-refractivity contribution in [1.29, 1.82) is 0 Å². The number of amides is 2. The minimum Gasteiger partial charge on any atom is -0.354 e. The van der Waals surface area contributed by atoms with Gasteiger partial charge in [0.1, 0.15) is 6.04 Å². The number of carbonyl (C=O) groups excluding carboxylic acids is 2. The average molecular weight is 413 g/mol. The fraction of sp³-hybridized carbons (Fsp3) is 0.417. The van der Waals surface area contributed by atoms with Crippen molar-refractivity contribution in [2.24, 2.45) is 0 Å². The highest BCUT2D eigenvalue weighted by molar-refractivity contribution is 7.98. The largest absolute Gasteiger partial charge is 0.354 e. The first-order valence-corrected chi connectivity index (χ1v) is 11.5. The van der Waals surface area contributed by atoms with Crippen LogP contribution in [0.3, 0.4) is 0 Å². The number of carbonyl (C=O) groups is 2. The molecule has 0 fully saturated rings. The number of hydrogen-bond acceptors (Lipinski definition) is 3. The van der Waals surface area contributed by atoms with Crippen molar-refractivity contribution in [2.75, 3.05) is 18.8 Å². The Morgan fingerprint density at radius 3 is 2.24 bits per heavy atom. The molecule has 5 heteroatoms. The topological polar surface area (TPSA) is 49.4 Å². The summed E-state index contributed by atoms with van der Waals surface area (Å²) < 4.78 is 0. The van der Waals surface area contributed by atoms with Crippen LogP contribution in [0.25, 0.3) is 0 Å². The summed E-state index contributed by atoms with van der Waals surface area (Å²) in [5.74, 6) is 1.61. The van der Waals surface area contributed by atoms with Crippen LogP contribution in [0, 0.1) is 0 Å². The van der Waals surface area contributed by atoms with E-state index in [4.69, 9.17) is 0 Å². The van der Waals surface area contributed by atoms with Crippen LogP contribution >= 0.6 is 11.8 Å². The lowest BCUT2D eigenvalue weighted by molar-refractivity contribution is -0.139. The third kappa shape index (κ3) is 8.32. The highest BCUT2D eigenvalue weighted by Crippen LogP contribution is 2.15. The Hall–Kier alpha value is -2.27. The number of nitrogens with zero attached hydrogens (tertiary/aromatic N) is 1. The lowest BCUT2D eigenvalue weighted by Crippen LogP contribution is -2.49. The van der Waals surface area contributed by atoms with E-state index < -0.39 is 6.04 Å². The Kier molecular flexibility index (Phi) is 10.4. The average Bonchev–Trinajstić information content (AvgIpc) is 2.76.